The Labute approximate surface area is 127 Å². The van der Waals surface area contributed by atoms with Gasteiger partial charge in [-0.05, 0) is 29.8 Å². The Hall–Kier alpha value is -2.10. The second kappa shape index (κ2) is 8.91. The van der Waals surface area contributed by atoms with Gasteiger partial charge in [0.15, 0.2) is 0 Å². The van der Waals surface area contributed by atoms with Crippen molar-refractivity contribution >= 4 is 22.7 Å². The number of hydrogen-bond donors (Lipinski definition) is 2. The van der Waals surface area contributed by atoms with Gasteiger partial charge in [0.25, 0.3) is 0 Å². The van der Waals surface area contributed by atoms with Crippen LogP contribution in [0, 0.1) is 0 Å². The number of carbonyl (C=O) groups is 2. The first-order valence-electron chi connectivity index (χ1n) is 5.62. The van der Waals surface area contributed by atoms with E-state index in [1.165, 1.54) is 6.08 Å². The van der Waals surface area contributed by atoms with E-state index in [2.05, 4.69) is 0 Å². The first-order valence-corrected chi connectivity index (χ1v) is 5.62. The van der Waals surface area contributed by atoms with E-state index in [1.54, 1.807) is 19.1 Å². The van der Waals surface area contributed by atoms with Crippen LogP contribution in [-0.2, 0) is 21.9 Å². The SMILES string of the molecule is CC=CC(=O)O.O=C(O)c1ccc2ccccc2c1.[Cu]. The van der Waals surface area contributed by atoms with Crippen molar-refractivity contribution in [1.29, 1.82) is 0 Å². The van der Waals surface area contributed by atoms with E-state index in [0.29, 0.717) is 5.56 Å². The van der Waals surface area contributed by atoms with Crippen molar-refractivity contribution < 1.29 is 36.9 Å². The zero-order valence-electron chi connectivity index (χ0n) is 10.7. The summed E-state index contributed by atoms with van der Waals surface area (Å²) in [5, 5.41) is 18.6. The number of aromatic carboxylic acids is 1. The quantitative estimate of drug-likeness (QED) is 0.658. The molecule has 0 fully saturated rings. The molecule has 20 heavy (non-hydrogen) atoms. The van der Waals surface area contributed by atoms with Gasteiger partial charge in [0.1, 0.15) is 0 Å². The minimum Gasteiger partial charge on any atom is -0.478 e. The monoisotopic (exact) mass is 321 g/mol. The van der Waals surface area contributed by atoms with Gasteiger partial charge >= 0.3 is 11.9 Å². The summed E-state index contributed by atoms with van der Waals surface area (Å²) in [4.78, 5) is 20.2. The summed E-state index contributed by atoms with van der Waals surface area (Å²) in [5.41, 5.74) is 0.332. The average molecular weight is 322 g/mol. The fraction of sp³-hybridized carbons (Fsp3) is 0.0667. The van der Waals surface area contributed by atoms with E-state index in [-0.39, 0.29) is 17.1 Å². The zero-order chi connectivity index (χ0) is 14.3. The van der Waals surface area contributed by atoms with Gasteiger partial charge in [-0.1, -0.05) is 36.4 Å². The predicted octanol–water partition coefficient (Wildman–Crippen LogP) is 3.18. The molecule has 0 bridgehead atoms. The van der Waals surface area contributed by atoms with Crippen LogP contribution >= 0.6 is 0 Å². The Kier molecular flexibility index (Phi) is 7.97. The van der Waals surface area contributed by atoms with Crippen molar-refractivity contribution in [3.05, 3.63) is 60.2 Å². The maximum Gasteiger partial charge on any atom is 0.335 e. The molecule has 2 N–H and O–H groups in total. The molecule has 109 valence electrons. The molecular formula is C15H14CuO4. The Morgan fingerprint density at radius 3 is 2.05 bits per heavy atom. The maximum absolute atomic E-state index is 10.6. The summed E-state index contributed by atoms with van der Waals surface area (Å²) in [5.74, 6) is -1.77. The standard InChI is InChI=1S/C11H8O2.C4H6O2.Cu/c12-11(13)10-6-5-8-3-1-2-4-9(8)7-10;1-2-3-4(5)6;/h1-7H,(H,12,13);2-3H,1H3,(H,5,6);. The van der Waals surface area contributed by atoms with Crippen LogP contribution in [0.1, 0.15) is 17.3 Å². The van der Waals surface area contributed by atoms with Crippen LogP contribution in [0.2, 0.25) is 0 Å². The van der Waals surface area contributed by atoms with Crippen LogP contribution in [0.4, 0.5) is 0 Å². The number of rotatable bonds is 2. The maximum atomic E-state index is 10.6. The fourth-order valence-corrected chi connectivity index (χ4v) is 1.46. The summed E-state index contributed by atoms with van der Waals surface area (Å²) >= 11 is 0. The average Bonchev–Trinajstić information content (AvgIpc) is 2.38. The smallest absolute Gasteiger partial charge is 0.335 e. The number of benzene rings is 2. The van der Waals surface area contributed by atoms with Crippen molar-refractivity contribution in [3.8, 4) is 0 Å². The number of fused-ring (bicyclic) bond motifs is 1. The molecule has 0 aliphatic heterocycles. The Morgan fingerprint density at radius 1 is 1.00 bits per heavy atom. The summed E-state index contributed by atoms with van der Waals surface area (Å²) in [6.45, 7) is 1.66. The van der Waals surface area contributed by atoms with Crippen LogP contribution in [0.15, 0.2) is 54.6 Å². The summed E-state index contributed by atoms with van der Waals surface area (Å²) in [6.07, 6.45) is 2.56. The molecule has 5 heteroatoms. The number of allylic oxidation sites excluding steroid dienone is 1. The molecule has 1 radical (unpaired) electrons. The molecule has 4 nitrogen and oxygen atoms in total. The second-order valence-corrected chi connectivity index (χ2v) is 3.71. The molecule has 0 aromatic heterocycles. The molecule has 2 aromatic carbocycles. The van der Waals surface area contributed by atoms with Crippen molar-refractivity contribution in [1.82, 2.24) is 0 Å². The van der Waals surface area contributed by atoms with Crippen LogP contribution < -0.4 is 0 Å². The number of hydrogen-bond acceptors (Lipinski definition) is 2. The molecule has 0 spiro atoms. The van der Waals surface area contributed by atoms with Gasteiger partial charge in [0.2, 0.25) is 0 Å². The Morgan fingerprint density at radius 2 is 1.60 bits per heavy atom. The van der Waals surface area contributed by atoms with Crippen LogP contribution in [0.25, 0.3) is 10.8 Å². The van der Waals surface area contributed by atoms with Crippen molar-refractivity contribution in [2.45, 2.75) is 6.92 Å². The van der Waals surface area contributed by atoms with Gasteiger partial charge in [0.05, 0.1) is 5.56 Å². The number of aliphatic carboxylic acids is 1. The second-order valence-electron chi connectivity index (χ2n) is 3.71. The zero-order valence-corrected chi connectivity index (χ0v) is 11.7. The molecule has 2 rings (SSSR count). The normalized spacial score (nSPS) is 9.45. The van der Waals surface area contributed by atoms with Gasteiger partial charge in [0, 0.05) is 23.1 Å². The summed E-state index contributed by atoms with van der Waals surface area (Å²) in [6, 6.07) is 12.8. The Balaban J connectivity index is 0.000000448. The van der Waals surface area contributed by atoms with Crippen molar-refractivity contribution in [2.75, 3.05) is 0 Å². The first kappa shape index (κ1) is 17.9. The van der Waals surface area contributed by atoms with E-state index in [0.717, 1.165) is 16.8 Å². The van der Waals surface area contributed by atoms with E-state index in [4.69, 9.17) is 10.2 Å². The topological polar surface area (TPSA) is 74.6 Å². The third-order valence-corrected chi connectivity index (χ3v) is 2.31. The van der Waals surface area contributed by atoms with Crippen LogP contribution in [0.3, 0.4) is 0 Å². The largest absolute Gasteiger partial charge is 0.478 e. The number of carboxylic acid groups (broad SMARTS) is 2. The molecule has 0 aliphatic carbocycles. The summed E-state index contributed by atoms with van der Waals surface area (Å²) in [7, 11) is 0. The van der Waals surface area contributed by atoms with Crippen molar-refractivity contribution in [3.63, 3.8) is 0 Å². The third kappa shape index (κ3) is 5.69. The van der Waals surface area contributed by atoms with E-state index in [1.807, 2.05) is 30.3 Å². The number of carboxylic acids is 2. The molecule has 2 aromatic rings. The van der Waals surface area contributed by atoms with Crippen LogP contribution in [-0.4, -0.2) is 22.2 Å². The Bertz CT molecular complexity index is 620. The molecule has 0 amide bonds. The van der Waals surface area contributed by atoms with Gasteiger partial charge in [-0.25, -0.2) is 9.59 Å². The fourth-order valence-electron chi connectivity index (χ4n) is 1.46. The van der Waals surface area contributed by atoms with Crippen LogP contribution in [0.5, 0.6) is 0 Å². The predicted molar refractivity (Wildman–Crippen MR) is 73.4 cm³/mol. The molecule has 0 atom stereocenters. The van der Waals surface area contributed by atoms with Gasteiger partial charge < -0.3 is 10.2 Å². The van der Waals surface area contributed by atoms with E-state index in [9.17, 15) is 9.59 Å². The minimum atomic E-state index is -0.891. The molecule has 0 heterocycles. The van der Waals surface area contributed by atoms with E-state index < -0.39 is 11.9 Å². The molecule has 0 saturated heterocycles. The molecule has 0 saturated carbocycles. The third-order valence-electron chi connectivity index (χ3n) is 2.31. The summed E-state index contributed by atoms with van der Waals surface area (Å²) < 4.78 is 0. The van der Waals surface area contributed by atoms with E-state index >= 15 is 0 Å². The molecular weight excluding hydrogens is 308 g/mol. The molecule has 0 aliphatic rings. The van der Waals surface area contributed by atoms with Gasteiger partial charge in [-0.2, -0.15) is 0 Å². The van der Waals surface area contributed by atoms with Gasteiger partial charge in [-0.15, -0.1) is 0 Å². The first-order chi connectivity index (χ1) is 9.04. The molecule has 0 unspecified atom stereocenters. The minimum absolute atomic E-state index is 0. The van der Waals surface area contributed by atoms with Crippen molar-refractivity contribution in [2.24, 2.45) is 0 Å². The van der Waals surface area contributed by atoms with Gasteiger partial charge in [-0.3, -0.25) is 0 Å².